The van der Waals surface area contributed by atoms with Gasteiger partial charge in [0.2, 0.25) is 10.0 Å². The predicted molar refractivity (Wildman–Crippen MR) is 116 cm³/mol. The van der Waals surface area contributed by atoms with Gasteiger partial charge in [-0.25, -0.2) is 17.8 Å². The number of aromatic nitrogens is 2. The van der Waals surface area contributed by atoms with E-state index < -0.39 is 15.7 Å². The van der Waals surface area contributed by atoms with E-state index in [4.69, 9.17) is 0 Å². The fourth-order valence-corrected chi connectivity index (χ4v) is 5.59. The lowest BCUT2D eigenvalue weighted by atomic mass is 9.94. The first kappa shape index (κ1) is 21.6. The molecule has 1 aliphatic heterocycles. The highest BCUT2D eigenvalue weighted by Crippen LogP contribution is 2.30. The molecule has 0 N–H and O–H groups in total. The number of hydrogen-bond acceptors (Lipinski definition) is 4. The number of hydrogen-bond donors (Lipinski definition) is 0. The SMILES string of the molecule is CC(CCCc1ccc(S(=O)(=O)N2CC(C)(F)C2)cc1)C(=O)c1ccc2nccn2c1. The molecule has 1 aromatic carbocycles. The molecule has 0 radical (unpaired) electrons. The molecule has 1 saturated heterocycles. The van der Waals surface area contributed by atoms with Crippen LogP contribution in [0.1, 0.15) is 42.6 Å². The number of carbonyl (C=O) groups is 1. The molecular weight excluding hydrogens is 417 g/mol. The van der Waals surface area contributed by atoms with E-state index in [1.165, 1.54) is 6.92 Å². The number of fused-ring (bicyclic) bond motifs is 1. The summed E-state index contributed by atoms with van der Waals surface area (Å²) in [5.41, 5.74) is 1.05. The van der Waals surface area contributed by atoms with Gasteiger partial charge in [-0.3, -0.25) is 4.79 Å². The Morgan fingerprint density at radius 1 is 1.19 bits per heavy atom. The van der Waals surface area contributed by atoms with Crippen LogP contribution in [0, 0.1) is 5.92 Å². The molecule has 0 amide bonds. The van der Waals surface area contributed by atoms with Crippen molar-refractivity contribution in [2.75, 3.05) is 13.1 Å². The summed E-state index contributed by atoms with van der Waals surface area (Å²) in [4.78, 5) is 17.1. The molecule has 3 aromatic rings. The van der Waals surface area contributed by atoms with Crippen LogP contribution in [0.4, 0.5) is 4.39 Å². The Bertz CT molecular complexity index is 1190. The minimum absolute atomic E-state index is 0.100. The van der Waals surface area contributed by atoms with Crippen LogP contribution in [0.5, 0.6) is 0 Å². The molecule has 0 spiro atoms. The van der Waals surface area contributed by atoms with Crippen molar-refractivity contribution in [2.45, 2.75) is 43.7 Å². The molecule has 1 fully saturated rings. The zero-order valence-corrected chi connectivity index (χ0v) is 18.5. The maximum atomic E-state index is 13.7. The Balaban J connectivity index is 1.30. The first-order valence-corrected chi connectivity index (χ1v) is 11.8. The Labute approximate surface area is 181 Å². The standard InChI is InChI=1S/C23H26FN3O3S/c1-17(22(28)19-8-11-21-25-12-13-26(21)14-19)4-3-5-18-6-9-20(10-7-18)31(29,30)27-15-23(2,24)16-27/h6-14,17H,3-5,15-16H2,1-2H3. The lowest BCUT2D eigenvalue weighted by molar-refractivity contribution is 0.0397. The molecule has 1 unspecified atom stereocenters. The van der Waals surface area contributed by atoms with E-state index in [1.54, 1.807) is 30.5 Å². The molecule has 164 valence electrons. The van der Waals surface area contributed by atoms with E-state index in [1.807, 2.05) is 35.9 Å². The van der Waals surface area contributed by atoms with E-state index in [2.05, 4.69) is 4.98 Å². The van der Waals surface area contributed by atoms with Crippen molar-refractivity contribution < 1.29 is 17.6 Å². The molecule has 0 bridgehead atoms. The molecule has 3 heterocycles. The molecule has 0 aliphatic carbocycles. The van der Waals surface area contributed by atoms with Crippen LogP contribution >= 0.6 is 0 Å². The maximum absolute atomic E-state index is 13.7. The van der Waals surface area contributed by atoms with Gasteiger partial charge in [-0.05, 0) is 56.0 Å². The number of aryl methyl sites for hydroxylation is 1. The molecule has 1 atom stereocenters. The average Bonchev–Trinajstić information content (AvgIpc) is 3.19. The van der Waals surface area contributed by atoms with Crippen molar-refractivity contribution >= 4 is 21.5 Å². The maximum Gasteiger partial charge on any atom is 0.243 e. The summed E-state index contributed by atoms with van der Waals surface area (Å²) in [6, 6.07) is 10.4. The normalized spacial score (nSPS) is 17.4. The van der Waals surface area contributed by atoms with Crippen molar-refractivity contribution in [1.29, 1.82) is 0 Å². The Hall–Kier alpha value is -2.58. The minimum atomic E-state index is -3.64. The summed E-state index contributed by atoms with van der Waals surface area (Å²) in [6.45, 7) is 3.14. The topological polar surface area (TPSA) is 71.8 Å². The summed E-state index contributed by atoms with van der Waals surface area (Å²) in [5, 5.41) is 0. The third-order valence-corrected chi connectivity index (χ3v) is 7.60. The van der Waals surface area contributed by atoms with Gasteiger partial charge in [-0.15, -0.1) is 0 Å². The lowest BCUT2D eigenvalue weighted by Gasteiger charge is -2.40. The van der Waals surface area contributed by atoms with Crippen molar-refractivity contribution in [1.82, 2.24) is 13.7 Å². The van der Waals surface area contributed by atoms with E-state index in [-0.39, 0.29) is 29.7 Å². The van der Waals surface area contributed by atoms with E-state index in [0.717, 1.165) is 34.8 Å². The number of nitrogens with zero attached hydrogens (tertiary/aromatic N) is 3. The number of carbonyl (C=O) groups excluding carboxylic acids is 1. The molecule has 6 nitrogen and oxygen atoms in total. The predicted octanol–water partition coefficient (Wildman–Crippen LogP) is 3.91. The summed E-state index contributed by atoms with van der Waals surface area (Å²) in [7, 11) is -3.64. The van der Waals surface area contributed by atoms with Crippen molar-refractivity contribution in [3.05, 3.63) is 66.1 Å². The second-order valence-electron chi connectivity index (χ2n) is 8.60. The van der Waals surface area contributed by atoms with Gasteiger partial charge in [0, 0.05) is 43.2 Å². The first-order chi connectivity index (χ1) is 14.7. The van der Waals surface area contributed by atoms with Crippen LogP contribution in [0.2, 0.25) is 0 Å². The number of rotatable bonds is 8. The van der Waals surface area contributed by atoms with Gasteiger partial charge in [0.15, 0.2) is 5.78 Å². The third-order valence-electron chi connectivity index (χ3n) is 5.80. The Morgan fingerprint density at radius 3 is 2.58 bits per heavy atom. The number of imidazole rings is 1. The van der Waals surface area contributed by atoms with Crippen LogP contribution in [0.25, 0.3) is 5.65 Å². The smallest absolute Gasteiger partial charge is 0.243 e. The number of ketones is 1. The fourth-order valence-electron chi connectivity index (χ4n) is 3.93. The van der Waals surface area contributed by atoms with E-state index in [9.17, 15) is 17.6 Å². The Morgan fingerprint density at radius 2 is 1.90 bits per heavy atom. The molecule has 1 aliphatic rings. The zero-order valence-electron chi connectivity index (χ0n) is 17.7. The molecule has 0 saturated carbocycles. The second-order valence-corrected chi connectivity index (χ2v) is 10.5. The third kappa shape index (κ3) is 4.55. The molecule has 4 rings (SSSR count). The number of pyridine rings is 1. The number of benzene rings is 1. The summed E-state index contributed by atoms with van der Waals surface area (Å²) < 4.78 is 41.7. The van der Waals surface area contributed by atoms with Gasteiger partial charge < -0.3 is 4.40 Å². The highest BCUT2D eigenvalue weighted by atomic mass is 32.2. The highest BCUT2D eigenvalue weighted by Gasteiger charge is 2.45. The van der Waals surface area contributed by atoms with Gasteiger partial charge in [0.25, 0.3) is 0 Å². The van der Waals surface area contributed by atoms with Crippen LogP contribution in [-0.2, 0) is 16.4 Å². The lowest BCUT2D eigenvalue weighted by Crippen LogP contribution is -2.58. The van der Waals surface area contributed by atoms with Crippen molar-refractivity contribution in [3.8, 4) is 0 Å². The molecule has 2 aromatic heterocycles. The molecule has 31 heavy (non-hydrogen) atoms. The van der Waals surface area contributed by atoms with Gasteiger partial charge in [0.1, 0.15) is 11.3 Å². The summed E-state index contributed by atoms with van der Waals surface area (Å²) in [5.74, 6) is -0.00602. The van der Waals surface area contributed by atoms with Crippen LogP contribution < -0.4 is 0 Å². The average molecular weight is 444 g/mol. The molecular formula is C23H26FN3O3S. The van der Waals surface area contributed by atoms with Crippen LogP contribution in [0.3, 0.4) is 0 Å². The second kappa shape index (κ2) is 8.16. The van der Waals surface area contributed by atoms with Crippen molar-refractivity contribution in [3.63, 3.8) is 0 Å². The quantitative estimate of drug-likeness (QED) is 0.495. The van der Waals surface area contributed by atoms with Gasteiger partial charge in [-0.1, -0.05) is 19.1 Å². The van der Waals surface area contributed by atoms with Gasteiger partial charge in [0.05, 0.1) is 4.90 Å². The largest absolute Gasteiger partial charge is 0.306 e. The monoisotopic (exact) mass is 443 g/mol. The highest BCUT2D eigenvalue weighted by molar-refractivity contribution is 7.89. The zero-order chi connectivity index (χ0) is 22.2. The van der Waals surface area contributed by atoms with Crippen LogP contribution in [0.15, 0.2) is 59.9 Å². The van der Waals surface area contributed by atoms with E-state index in [0.29, 0.717) is 5.56 Å². The first-order valence-electron chi connectivity index (χ1n) is 10.4. The van der Waals surface area contributed by atoms with E-state index >= 15 is 0 Å². The van der Waals surface area contributed by atoms with Gasteiger partial charge >= 0.3 is 0 Å². The number of alkyl halides is 1. The number of Topliss-reactive ketones (excluding diaryl/α,β-unsaturated/α-hetero) is 1. The van der Waals surface area contributed by atoms with Crippen LogP contribution in [-0.4, -0.2) is 46.6 Å². The van der Waals surface area contributed by atoms with Gasteiger partial charge in [-0.2, -0.15) is 4.31 Å². The fraction of sp³-hybridized carbons (Fsp3) is 0.391. The summed E-state index contributed by atoms with van der Waals surface area (Å²) in [6.07, 6.45) is 7.64. The van der Waals surface area contributed by atoms with Crippen molar-refractivity contribution in [2.24, 2.45) is 5.92 Å². The minimum Gasteiger partial charge on any atom is -0.306 e. The summed E-state index contributed by atoms with van der Waals surface area (Å²) >= 11 is 0. The Kier molecular flexibility index (Phi) is 5.70. The number of sulfonamides is 1. The molecule has 8 heteroatoms. The number of halogens is 1.